The molecule has 0 radical (unpaired) electrons. The summed E-state index contributed by atoms with van der Waals surface area (Å²) in [6.07, 6.45) is -0.00125. The molecule has 0 saturated carbocycles. The van der Waals surface area contributed by atoms with Gasteiger partial charge in [-0.25, -0.2) is 8.42 Å². The second-order valence-electron chi connectivity index (χ2n) is 3.57. The Bertz CT molecular complexity index is 557. The fourth-order valence-electron chi connectivity index (χ4n) is 1.38. The predicted octanol–water partition coefficient (Wildman–Crippen LogP) is 0.577. The molecule has 0 aliphatic heterocycles. The first kappa shape index (κ1) is 14.7. The van der Waals surface area contributed by atoms with Crippen molar-refractivity contribution in [3.05, 3.63) is 23.8 Å². The van der Waals surface area contributed by atoms with Crippen LogP contribution in [-0.4, -0.2) is 32.6 Å². The van der Waals surface area contributed by atoms with Crippen LogP contribution in [0.3, 0.4) is 0 Å². The Morgan fingerprint density at radius 3 is 2.61 bits per heavy atom. The maximum Gasteiger partial charge on any atom is 0.320 e. The van der Waals surface area contributed by atoms with E-state index in [0.717, 1.165) is 0 Å². The van der Waals surface area contributed by atoms with E-state index in [9.17, 15) is 13.2 Å². The molecule has 1 aromatic rings. The average Bonchev–Trinajstić information content (AvgIpc) is 2.27. The van der Waals surface area contributed by atoms with E-state index in [1.807, 2.05) is 0 Å². The van der Waals surface area contributed by atoms with Crippen molar-refractivity contribution in [2.75, 3.05) is 7.11 Å². The first-order valence-corrected chi connectivity index (χ1v) is 7.16. The smallest absolute Gasteiger partial charge is 0.320 e. The summed E-state index contributed by atoms with van der Waals surface area (Å²) in [6.45, 7) is 0. The van der Waals surface area contributed by atoms with Crippen molar-refractivity contribution in [1.82, 2.24) is 0 Å². The monoisotopic (exact) mass is 293 g/mol. The Labute approximate surface area is 109 Å². The maximum atomic E-state index is 11.3. The quantitative estimate of drug-likeness (QED) is 0.769. The van der Waals surface area contributed by atoms with Gasteiger partial charge in [-0.2, -0.15) is 0 Å². The standard InChI is InChI=1S/C10H12ClNO5S/c1-17-8-3-2-6(4-7(12)10(13)14)5-9(8)18(11,15)16/h2-3,5,7H,4,12H2,1H3,(H,13,14). The molecule has 18 heavy (non-hydrogen) atoms. The second kappa shape index (κ2) is 5.55. The summed E-state index contributed by atoms with van der Waals surface area (Å²) in [5.74, 6) is -1.07. The van der Waals surface area contributed by atoms with Crippen LogP contribution in [0.4, 0.5) is 0 Å². The average molecular weight is 294 g/mol. The number of hydrogen-bond acceptors (Lipinski definition) is 5. The van der Waals surface area contributed by atoms with Gasteiger partial charge in [0.1, 0.15) is 16.7 Å². The minimum atomic E-state index is -3.97. The lowest BCUT2D eigenvalue weighted by atomic mass is 10.1. The Balaban J connectivity index is 3.15. The van der Waals surface area contributed by atoms with Gasteiger partial charge in [0.15, 0.2) is 0 Å². The van der Waals surface area contributed by atoms with Crippen molar-refractivity contribution in [2.24, 2.45) is 5.73 Å². The van der Waals surface area contributed by atoms with Crippen molar-refractivity contribution in [3.8, 4) is 5.75 Å². The summed E-state index contributed by atoms with van der Waals surface area (Å²) in [7, 11) is 2.60. The summed E-state index contributed by atoms with van der Waals surface area (Å²) < 4.78 is 27.5. The van der Waals surface area contributed by atoms with Gasteiger partial charge in [0.25, 0.3) is 9.05 Å². The SMILES string of the molecule is COc1ccc(CC(N)C(=O)O)cc1S(=O)(=O)Cl. The molecule has 3 N–H and O–H groups in total. The van der Waals surface area contributed by atoms with Crippen molar-refractivity contribution in [3.63, 3.8) is 0 Å². The highest BCUT2D eigenvalue weighted by atomic mass is 35.7. The number of rotatable bonds is 5. The molecular weight excluding hydrogens is 282 g/mol. The normalized spacial score (nSPS) is 13.1. The molecule has 0 spiro atoms. The molecule has 6 nitrogen and oxygen atoms in total. The van der Waals surface area contributed by atoms with Crippen LogP contribution in [0.15, 0.2) is 23.1 Å². The van der Waals surface area contributed by atoms with Crippen LogP contribution in [0.2, 0.25) is 0 Å². The third-order valence-electron chi connectivity index (χ3n) is 2.26. The van der Waals surface area contributed by atoms with Crippen LogP contribution >= 0.6 is 10.7 Å². The topological polar surface area (TPSA) is 107 Å². The maximum absolute atomic E-state index is 11.3. The zero-order valence-corrected chi connectivity index (χ0v) is 11.0. The minimum absolute atomic E-state index is 0.00125. The summed E-state index contributed by atoms with van der Waals surface area (Å²) in [5, 5.41) is 8.68. The third-order valence-corrected chi connectivity index (χ3v) is 3.61. The molecule has 0 aliphatic carbocycles. The number of hydrogen-bond donors (Lipinski definition) is 2. The van der Waals surface area contributed by atoms with Gasteiger partial charge in [0.05, 0.1) is 7.11 Å². The summed E-state index contributed by atoms with van der Waals surface area (Å²) >= 11 is 0. The molecule has 1 atom stereocenters. The number of carboxylic acid groups (broad SMARTS) is 1. The van der Waals surface area contributed by atoms with Crippen molar-refractivity contribution in [1.29, 1.82) is 0 Å². The zero-order chi connectivity index (χ0) is 13.9. The highest BCUT2D eigenvalue weighted by molar-refractivity contribution is 8.13. The van der Waals surface area contributed by atoms with E-state index in [4.69, 9.17) is 26.3 Å². The van der Waals surface area contributed by atoms with E-state index in [2.05, 4.69) is 0 Å². The van der Waals surface area contributed by atoms with E-state index < -0.39 is 21.1 Å². The van der Waals surface area contributed by atoms with Crippen molar-refractivity contribution >= 4 is 25.7 Å². The number of aliphatic carboxylic acids is 1. The van der Waals surface area contributed by atoms with Crippen molar-refractivity contribution < 1.29 is 23.1 Å². The number of carbonyl (C=O) groups is 1. The number of benzene rings is 1. The zero-order valence-electron chi connectivity index (χ0n) is 9.46. The lowest BCUT2D eigenvalue weighted by Crippen LogP contribution is -2.32. The molecule has 0 amide bonds. The Morgan fingerprint density at radius 1 is 1.56 bits per heavy atom. The van der Waals surface area contributed by atoms with E-state index in [1.54, 1.807) is 0 Å². The molecule has 0 saturated heterocycles. The summed E-state index contributed by atoms with van der Waals surface area (Å²) in [6, 6.07) is 3.08. The van der Waals surface area contributed by atoms with Crippen LogP contribution in [0, 0.1) is 0 Å². The van der Waals surface area contributed by atoms with Gasteiger partial charge in [-0.05, 0) is 24.1 Å². The lowest BCUT2D eigenvalue weighted by molar-refractivity contribution is -0.138. The number of ether oxygens (including phenoxy) is 1. The third kappa shape index (κ3) is 3.59. The molecule has 0 aliphatic rings. The Kier molecular flexibility index (Phi) is 4.55. The van der Waals surface area contributed by atoms with Gasteiger partial charge in [0.2, 0.25) is 0 Å². The highest BCUT2D eigenvalue weighted by Crippen LogP contribution is 2.28. The first-order valence-electron chi connectivity index (χ1n) is 4.85. The second-order valence-corrected chi connectivity index (χ2v) is 6.11. The number of nitrogens with two attached hydrogens (primary N) is 1. The molecule has 1 rings (SSSR count). The van der Waals surface area contributed by atoms with E-state index >= 15 is 0 Å². The first-order chi connectivity index (χ1) is 8.25. The van der Waals surface area contributed by atoms with E-state index in [1.165, 1.54) is 25.3 Å². The summed E-state index contributed by atoms with van der Waals surface area (Å²) in [5.41, 5.74) is 5.81. The van der Waals surface area contributed by atoms with Gasteiger partial charge >= 0.3 is 5.97 Å². The number of carboxylic acids is 1. The molecule has 8 heteroatoms. The van der Waals surface area contributed by atoms with E-state index in [-0.39, 0.29) is 17.1 Å². The van der Waals surface area contributed by atoms with Crippen LogP contribution in [0.1, 0.15) is 5.56 Å². The molecule has 100 valence electrons. The van der Waals surface area contributed by atoms with Crippen molar-refractivity contribution in [2.45, 2.75) is 17.4 Å². The van der Waals surface area contributed by atoms with Gasteiger partial charge < -0.3 is 15.6 Å². The predicted molar refractivity (Wildman–Crippen MR) is 65.3 cm³/mol. The minimum Gasteiger partial charge on any atom is -0.495 e. The van der Waals surface area contributed by atoms with Gasteiger partial charge in [0, 0.05) is 10.7 Å². The van der Waals surface area contributed by atoms with Crippen LogP contribution in [0.25, 0.3) is 0 Å². The van der Waals surface area contributed by atoms with Gasteiger partial charge in [-0.3, -0.25) is 4.79 Å². The number of methoxy groups -OCH3 is 1. The highest BCUT2D eigenvalue weighted by Gasteiger charge is 2.19. The van der Waals surface area contributed by atoms with Gasteiger partial charge in [-0.1, -0.05) is 6.07 Å². The molecular formula is C10H12ClNO5S. The van der Waals surface area contributed by atoms with Crippen LogP contribution in [-0.2, 0) is 20.3 Å². The van der Waals surface area contributed by atoms with Gasteiger partial charge in [-0.15, -0.1) is 0 Å². The van der Waals surface area contributed by atoms with E-state index in [0.29, 0.717) is 5.56 Å². The molecule has 0 bridgehead atoms. The summed E-state index contributed by atoms with van der Waals surface area (Å²) in [4.78, 5) is 10.4. The van der Waals surface area contributed by atoms with Crippen LogP contribution < -0.4 is 10.5 Å². The fraction of sp³-hybridized carbons (Fsp3) is 0.300. The molecule has 1 unspecified atom stereocenters. The molecule has 0 fully saturated rings. The number of halogens is 1. The largest absolute Gasteiger partial charge is 0.495 e. The fourth-order valence-corrected chi connectivity index (χ4v) is 2.43. The molecule has 1 aromatic carbocycles. The molecule has 0 heterocycles. The van der Waals surface area contributed by atoms with Crippen LogP contribution in [0.5, 0.6) is 5.75 Å². The lowest BCUT2D eigenvalue weighted by Gasteiger charge is -2.10. The Hall–Kier alpha value is -1.31. The Morgan fingerprint density at radius 2 is 2.17 bits per heavy atom. The molecule has 0 aromatic heterocycles.